The molecule has 24 heavy (non-hydrogen) atoms. The van der Waals surface area contributed by atoms with E-state index in [4.69, 9.17) is 4.55 Å². The van der Waals surface area contributed by atoms with E-state index in [1.807, 2.05) is 0 Å². The van der Waals surface area contributed by atoms with Crippen LogP contribution in [0.4, 0.5) is 0 Å². The van der Waals surface area contributed by atoms with Crippen LogP contribution < -0.4 is 0 Å². The predicted molar refractivity (Wildman–Crippen MR) is 105 cm³/mol. The zero-order valence-electron chi connectivity index (χ0n) is 15.8. The molecule has 0 spiro atoms. The minimum atomic E-state index is -3.75. The van der Waals surface area contributed by atoms with Crippen LogP contribution in [0.2, 0.25) is 0 Å². The van der Waals surface area contributed by atoms with E-state index in [0.29, 0.717) is 6.42 Å². The minimum Gasteiger partial charge on any atom is -0.286 e. The van der Waals surface area contributed by atoms with Crippen molar-refractivity contribution in [3.05, 3.63) is 12.2 Å². The molecule has 0 unspecified atom stereocenters. The normalized spacial score (nSPS) is 12.2. The van der Waals surface area contributed by atoms with Crippen LogP contribution in [0.3, 0.4) is 0 Å². The lowest BCUT2D eigenvalue weighted by Gasteiger charge is -2.01. The lowest BCUT2D eigenvalue weighted by Crippen LogP contribution is -2.03. The van der Waals surface area contributed by atoms with Gasteiger partial charge < -0.3 is 0 Å². The van der Waals surface area contributed by atoms with E-state index in [1.165, 1.54) is 83.5 Å². The van der Waals surface area contributed by atoms with Gasteiger partial charge in [0.05, 0.1) is 5.75 Å². The van der Waals surface area contributed by atoms with Gasteiger partial charge in [-0.25, -0.2) is 0 Å². The molecule has 144 valence electrons. The zero-order valence-corrected chi connectivity index (χ0v) is 16.7. The summed E-state index contributed by atoms with van der Waals surface area (Å²) in [6, 6.07) is 0. The maximum atomic E-state index is 10.6. The highest BCUT2D eigenvalue weighted by molar-refractivity contribution is 7.85. The van der Waals surface area contributed by atoms with E-state index >= 15 is 0 Å². The fraction of sp³-hybridized carbons (Fsp3) is 0.900. The molecule has 0 fully saturated rings. The molecule has 0 amide bonds. The molecule has 4 heteroatoms. The van der Waals surface area contributed by atoms with Gasteiger partial charge in [-0.05, 0) is 32.1 Å². The maximum Gasteiger partial charge on any atom is 0.264 e. The Morgan fingerprint density at radius 1 is 0.625 bits per heavy atom. The Kier molecular flexibility index (Phi) is 17.2. The standard InChI is InChI=1S/C20H40O3S/c1-2-3-4-5-6-7-8-9-10-11-12-13-14-15-16-17-18-19-20-24(21,22)23/h9-10H,2-8,11-20H2,1H3,(H,21,22,23). The monoisotopic (exact) mass is 360 g/mol. The van der Waals surface area contributed by atoms with Crippen molar-refractivity contribution in [1.29, 1.82) is 0 Å². The maximum absolute atomic E-state index is 10.6. The van der Waals surface area contributed by atoms with Crippen LogP contribution in [-0.4, -0.2) is 18.7 Å². The first-order valence-electron chi connectivity index (χ1n) is 10.2. The Hall–Kier alpha value is -0.350. The van der Waals surface area contributed by atoms with Crippen LogP contribution in [0.15, 0.2) is 12.2 Å². The highest BCUT2D eigenvalue weighted by Gasteiger charge is 2.02. The van der Waals surface area contributed by atoms with Gasteiger partial charge in [-0.1, -0.05) is 89.7 Å². The third kappa shape index (κ3) is 21.6. The third-order valence-corrected chi connectivity index (χ3v) is 5.22. The molecule has 0 aromatic heterocycles. The molecule has 0 aromatic carbocycles. The summed E-state index contributed by atoms with van der Waals surface area (Å²) in [5.74, 6) is -0.0852. The van der Waals surface area contributed by atoms with Crippen LogP contribution in [0.5, 0.6) is 0 Å². The fourth-order valence-electron chi connectivity index (χ4n) is 2.89. The summed E-state index contributed by atoms with van der Waals surface area (Å²) in [7, 11) is -3.75. The molecule has 0 bridgehead atoms. The Bertz CT molecular complexity index is 374. The van der Waals surface area contributed by atoms with E-state index in [1.54, 1.807) is 0 Å². The van der Waals surface area contributed by atoms with Crippen LogP contribution >= 0.6 is 0 Å². The Morgan fingerprint density at radius 2 is 1.00 bits per heavy atom. The van der Waals surface area contributed by atoms with Crippen molar-refractivity contribution < 1.29 is 13.0 Å². The molecular formula is C20H40O3S. The number of hydrogen-bond acceptors (Lipinski definition) is 2. The van der Waals surface area contributed by atoms with Crippen molar-refractivity contribution in [1.82, 2.24) is 0 Å². The quantitative estimate of drug-likeness (QED) is 0.168. The largest absolute Gasteiger partial charge is 0.286 e. The molecule has 0 saturated carbocycles. The SMILES string of the molecule is CCCCCCCCC=CCCCCCCCCCCS(=O)(=O)O. The Balaban J connectivity index is 3.13. The van der Waals surface area contributed by atoms with Crippen molar-refractivity contribution >= 4 is 10.1 Å². The van der Waals surface area contributed by atoms with E-state index in [0.717, 1.165) is 12.8 Å². The molecular weight excluding hydrogens is 320 g/mol. The minimum absolute atomic E-state index is 0.0852. The Morgan fingerprint density at radius 3 is 1.42 bits per heavy atom. The first-order valence-corrected chi connectivity index (χ1v) is 11.8. The van der Waals surface area contributed by atoms with Crippen LogP contribution in [-0.2, 0) is 10.1 Å². The predicted octanol–water partition coefficient (Wildman–Crippen LogP) is 6.69. The molecule has 0 atom stereocenters. The van der Waals surface area contributed by atoms with Crippen molar-refractivity contribution in [2.24, 2.45) is 0 Å². The number of allylic oxidation sites excluding steroid dienone is 2. The van der Waals surface area contributed by atoms with E-state index in [9.17, 15) is 8.42 Å². The van der Waals surface area contributed by atoms with Crippen molar-refractivity contribution in [2.45, 2.75) is 110 Å². The number of unbranched alkanes of at least 4 members (excludes halogenated alkanes) is 14. The van der Waals surface area contributed by atoms with Crippen LogP contribution in [0.25, 0.3) is 0 Å². The van der Waals surface area contributed by atoms with Gasteiger partial charge in [0.15, 0.2) is 0 Å². The highest BCUT2D eigenvalue weighted by Crippen LogP contribution is 2.11. The van der Waals surface area contributed by atoms with Gasteiger partial charge in [0.1, 0.15) is 0 Å². The van der Waals surface area contributed by atoms with Gasteiger partial charge in [-0.2, -0.15) is 8.42 Å². The van der Waals surface area contributed by atoms with Crippen molar-refractivity contribution in [3.8, 4) is 0 Å². The van der Waals surface area contributed by atoms with Crippen molar-refractivity contribution in [2.75, 3.05) is 5.75 Å². The lowest BCUT2D eigenvalue weighted by molar-refractivity contribution is 0.478. The molecule has 0 heterocycles. The summed E-state index contributed by atoms with van der Waals surface area (Å²) in [5, 5.41) is 0. The average Bonchev–Trinajstić information content (AvgIpc) is 2.52. The summed E-state index contributed by atoms with van der Waals surface area (Å²) >= 11 is 0. The van der Waals surface area contributed by atoms with E-state index in [2.05, 4.69) is 19.1 Å². The molecule has 0 rings (SSSR count). The topological polar surface area (TPSA) is 54.4 Å². The highest BCUT2D eigenvalue weighted by atomic mass is 32.2. The summed E-state index contributed by atoms with van der Waals surface area (Å²) < 4.78 is 29.7. The lowest BCUT2D eigenvalue weighted by atomic mass is 10.1. The molecule has 0 aliphatic heterocycles. The van der Waals surface area contributed by atoms with Gasteiger partial charge in [0, 0.05) is 0 Å². The van der Waals surface area contributed by atoms with Crippen LogP contribution in [0.1, 0.15) is 110 Å². The smallest absolute Gasteiger partial charge is 0.264 e. The van der Waals surface area contributed by atoms with Gasteiger partial charge in [-0.3, -0.25) is 4.55 Å². The second kappa shape index (κ2) is 17.5. The van der Waals surface area contributed by atoms with Crippen LogP contribution in [0, 0.1) is 0 Å². The van der Waals surface area contributed by atoms with E-state index < -0.39 is 10.1 Å². The molecule has 1 N–H and O–H groups in total. The van der Waals surface area contributed by atoms with Gasteiger partial charge >= 0.3 is 0 Å². The molecule has 0 aliphatic carbocycles. The Labute approximate surface area is 151 Å². The van der Waals surface area contributed by atoms with Gasteiger partial charge in [-0.15, -0.1) is 0 Å². The molecule has 0 saturated heterocycles. The summed E-state index contributed by atoms with van der Waals surface area (Å²) in [5.41, 5.74) is 0. The average molecular weight is 361 g/mol. The summed E-state index contributed by atoms with van der Waals surface area (Å²) in [6.45, 7) is 2.26. The zero-order chi connectivity index (χ0) is 17.9. The van der Waals surface area contributed by atoms with Gasteiger partial charge in [0.25, 0.3) is 10.1 Å². The number of rotatable bonds is 18. The summed E-state index contributed by atoms with van der Waals surface area (Å²) in [6.07, 6.45) is 24.3. The fourth-order valence-corrected chi connectivity index (χ4v) is 3.45. The third-order valence-electron chi connectivity index (χ3n) is 4.41. The second-order valence-electron chi connectivity index (χ2n) is 6.93. The summed E-state index contributed by atoms with van der Waals surface area (Å²) in [4.78, 5) is 0. The molecule has 0 aromatic rings. The second-order valence-corrected chi connectivity index (χ2v) is 8.50. The van der Waals surface area contributed by atoms with Gasteiger partial charge in [0.2, 0.25) is 0 Å². The molecule has 3 nitrogen and oxygen atoms in total. The number of hydrogen-bond donors (Lipinski definition) is 1. The first kappa shape index (κ1) is 23.6. The first-order chi connectivity index (χ1) is 11.6. The van der Waals surface area contributed by atoms with Crippen molar-refractivity contribution in [3.63, 3.8) is 0 Å². The molecule has 0 radical (unpaired) electrons. The molecule has 0 aliphatic rings. The van der Waals surface area contributed by atoms with E-state index in [-0.39, 0.29) is 5.75 Å².